The van der Waals surface area contributed by atoms with Crippen LogP contribution in [0, 0.1) is 0 Å². The Morgan fingerprint density at radius 2 is 2.10 bits per heavy atom. The molecular formula is C15H19N3O2. The van der Waals surface area contributed by atoms with Crippen LogP contribution in [0.2, 0.25) is 0 Å². The number of aromatic nitrogens is 1. The van der Waals surface area contributed by atoms with Crippen molar-refractivity contribution in [3.8, 4) is 0 Å². The Bertz CT molecular complexity index is 567. The summed E-state index contributed by atoms with van der Waals surface area (Å²) in [7, 11) is 0. The molecule has 5 nitrogen and oxygen atoms in total. The zero-order valence-electron chi connectivity index (χ0n) is 11.3. The molecule has 0 fully saturated rings. The normalized spacial score (nSPS) is 10.6. The molecular weight excluding hydrogens is 254 g/mol. The van der Waals surface area contributed by atoms with Crippen molar-refractivity contribution in [3.05, 3.63) is 42.2 Å². The van der Waals surface area contributed by atoms with E-state index in [4.69, 9.17) is 5.73 Å². The molecule has 0 bridgehead atoms. The van der Waals surface area contributed by atoms with E-state index in [9.17, 15) is 4.79 Å². The van der Waals surface area contributed by atoms with Gasteiger partial charge >= 0.3 is 6.09 Å². The predicted molar refractivity (Wildman–Crippen MR) is 78.2 cm³/mol. The number of primary amides is 1. The van der Waals surface area contributed by atoms with Crippen LogP contribution >= 0.6 is 0 Å². The van der Waals surface area contributed by atoms with E-state index in [0.717, 1.165) is 31.6 Å². The molecule has 0 radical (unpaired) electrons. The number of unbranched alkanes of at least 4 members (excludes halogenated alkanes) is 1. The standard InChI is InChI=1S/C15H19N3O2/c16-15(19)20-10-4-3-8-17-11-14-13-6-2-1-5-12(13)7-9-18-14/h1-2,5-7,9,17H,3-4,8,10-11H2,(H2,16,19). The van der Waals surface area contributed by atoms with Gasteiger partial charge in [-0.15, -0.1) is 0 Å². The van der Waals surface area contributed by atoms with E-state index in [1.807, 2.05) is 24.4 Å². The molecule has 0 atom stereocenters. The Labute approximate surface area is 118 Å². The fourth-order valence-corrected chi connectivity index (χ4v) is 2.05. The van der Waals surface area contributed by atoms with Crippen LogP contribution in [0.5, 0.6) is 0 Å². The number of nitrogens with zero attached hydrogens (tertiary/aromatic N) is 1. The average molecular weight is 273 g/mol. The molecule has 0 aliphatic rings. The van der Waals surface area contributed by atoms with E-state index in [2.05, 4.69) is 27.2 Å². The van der Waals surface area contributed by atoms with Crippen molar-refractivity contribution in [2.75, 3.05) is 13.2 Å². The van der Waals surface area contributed by atoms with Crippen LogP contribution in [0.3, 0.4) is 0 Å². The minimum Gasteiger partial charge on any atom is -0.450 e. The van der Waals surface area contributed by atoms with E-state index in [0.29, 0.717) is 6.61 Å². The van der Waals surface area contributed by atoms with Crippen molar-refractivity contribution in [1.82, 2.24) is 10.3 Å². The quantitative estimate of drug-likeness (QED) is 0.758. The van der Waals surface area contributed by atoms with Crippen LogP contribution in [0.15, 0.2) is 36.5 Å². The third-order valence-electron chi connectivity index (χ3n) is 3.04. The molecule has 0 unspecified atom stereocenters. The van der Waals surface area contributed by atoms with E-state index >= 15 is 0 Å². The Kier molecular flexibility index (Phi) is 5.32. The van der Waals surface area contributed by atoms with Crippen molar-refractivity contribution >= 4 is 16.9 Å². The lowest BCUT2D eigenvalue weighted by Gasteiger charge is -2.07. The molecule has 2 rings (SSSR count). The molecule has 106 valence electrons. The van der Waals surface area contributed by atoms with Gasteiger partial charge in [-0.2, -0.15) is 0 Å². The summed E-state index contributed by atoms with van der Waals surface area (Å²) >= 11 is 0. The summed E-state index contributed by atoms with van der Waals surface area (Å²) in [4.78, 5) is 14.8. The predicted octanol–water partition coefficient (Wildman–Crippen LogP) is 2.20. The number of benzene rings is 1. The molecule has 1 heterocycles. The molecule has 2 aromatic rings. The van der Waals surface area contributed by atoms with Crippen LogP contribution < -0.4 is 11.1 Å². The third-order valence-corrected chi connectivity index (χ3v) is 3.04. The van der Waals surface area contributed by atoms with Crippen LogP contribution in [0.25, 0.3) is 10.8 Å². The topological polar surface area (TPSA) is 77.2 Å². The highest BCUT2D eigenvalue weighted by molar-refractivity contribution is 5.84. The maximum absolute atomic E-state index is 10.4. The number of carbonyl (C=O) groups excluding carboxylic acids is 1. The van der Waals surface area contributed by atoms with E-state index in [1.165, 1.54) is 10.8 Å². The molecule has 1 aromatic heterocycles. The van der Waals surface area contributed by atoms with Crippen LogP contribution in [-0.4, -0.2) is 24.2 Å². The van der Waals surface area contributed by atoms with Gasteiger partial charge in [0.05, 0.1) is 12.3 Å². The van der Waals surface area contributed by atoms with Crippen LogP contribution in [0.4, 0.5) is 4.79 Å². The van der Waals surface area contributed by atoms with Crippen molar-refractivity contribution in [2.45, 2.75) is 19.4 Å². The van der Waals surface area contributed by atoms with Gasteiger partial charge in [0.15, 0.2) is 0 Å². The molecule has 1 aromatic carbocycles. The van der Waals surface area contributed by atoms with Crippen molar-refractivity contribution in [1.29, 1.82) is 0 Å². The first-order valence-corrected chi connectivity index (χ1v) is 6.73. The van der Waals surface area contributed by atoms with Gasteiger partial charge in [-0.05, 0) is 30.8 Å². The Hall–Kier alpha value is -2.14. The van der Waals surface area contributed by atoms with Gasteiger partial charge < -0.3 is 15.8 Å². The minimum atomic E-state index is -0.710. The SMILES string of the molecule is NC(=O)OCCCCNCc1nccc2ccccc12. The smallest absolute Gasteiger partial charge is 0.404 e. The first kappa shape index (κ1) is 14.3. The lowest BCUT2D eigenvalue weighted by molar-refractivity contribution is 0.154. The van der Waals surface area contributed by atoms with Gasteiger partial charge in [-0.25, -0.2) is 4.79 Å². The fraction of sp³-hybridized carbons (Fsp3) is 0.333. The molecule has 0 saturated carbocycles. The summed E-state index contributed by atoms with van der Waals surface area (Å²) in [6, 6.07) is 10.2. The number of ether oxygens (including phenoxy) is 1. The van der Waals surface area contributed by atoms with E-state index in [-0.39, 0.29) is 0 Å². The number of amides is 1. The first-order chi connectivity index (χ1) is 9.77. The van der Waals surface area contributed by atoms with Gasteiger partial charge in [0, 0.05) is 18.1 Å². The highest BCUT2D eigenvalue weighted by atomic mass is 16.5. The minimum absolute atomic E-state index is 0.379. The Balaban J connectivity index is 1.75. The summed E-state index contributed by atoms with van der Waals surface area (Å²) in [6.07, 6.45) is 2.86. The second-order valence-electron chi connectivity index (χ2n) is 4.53. The monoisotopic (exact) mass is 273 g/mol. The molecule has 0 spiro atoms. The molecule has 0 aliphatic carbocycles. The van der Waals surface area contributed by atoms with Gasteiger partial charge in [0.2, 0.25) is 0 Å². The second-order valence-corrected chi connectivity index (χ2v) is 4.53. The molecule has 1 amide bonds. The highest BCUT2D eigenvalue weighted by Gasteiger charge is 2.01. The number of nitrogens with two attached hydrogens (primary N) is 1. The molecule has 0 aliphatic heterocycles. The Morgan fingerprint density at radius 1 is 1.25 bits per heavy atom. The van der Waals surface area contributed by atoms with Crippen molar-refractivity contribution < 1.29 is 9.53 Å². The number of carbonyl (C=O) groups is 1. The first-order valence-electron chi connectivity index (χ1n) is 6.73. The Morgan fingerprint density at radius 3 is 2.95 bits per heavy atom. The number of rotatable bonds is 7. The van der Waals surface area contributed by atoms with Crippen molar-refractivity contribution in [2.24, 2.45) is 5.73 Å². The lowest BCUT2D eigenvalue weighted by Crippen LogP contribution is -2.17. The summed E-state index contributed by atoms with van der Waals surface area (Å²) in [5, 5.41) is 5.73. The number of fused-ring (bicyclic) bond motifs is 1. The maximum atomic E-state index is 10.4. The number of pyridine rings is 1. The van der Waals surface area contributed by atoms with E-state index in [1.54, 1.807) is 0 Å². The number of nitrogens with one attached hydrogen (secondary N) is 1. The molecule has 5 heteroatoms. The van der Waals surface area contributed by atoms with Crippen LogP contribution in [-0.2, 0) is 11.3 Å². The van der Waals surface area contributed by atoms with Crippen LogP contribution in [0.1, 0.15) is 18.5 Å². The van der Waals surface area contributed by atoms with Gasteiger partial charge in [0.25, 0.3) is 0 Å². The molecule has 0 saturated heterocycles. The highest BCUT2D eigenvalue weighted by Crippen LogP contribution is 2.15. The van der Waals surface area contributed by atoms with Gasteiger partial charge in [-0.1, -0.05) is 24.3 Å². The summed E-state index contributed by atoms with van der Waals surface area (Å²) in [6.45, 7) is 1.97. The summed E-state index contributed by atoms with van der Waals surface area (Å²) in [5.74, 6) is 0. The zero-order chi connectivity index (χ0) is 14.2. The summed E-state index contributed by atoms with van der Waals surface area (Å²) < 4.78 is 4.66. The largest absolute Gasteiger partial charge is 0.450 e. The number of hydrogen-bond acceptors (Lipinski definition) is 4. The van der Waals surface area contributed by atoms with E-state index < -0.39 is 6.09 Å². The summed E-state index contributed by atoms with van der Waals surface area (Å²) in [5.41, 5.74) is 5.93. The fourth-order valence-electron chi connectivity index (χ4n) is 2.05. The van der Waals surface area contributed by atoms with Gasteiger partial charge in [0.1, 0.15) is 0 Å². The maximum Gasteiger partial charge on any atom is 0.404 e. The number of hydrogen-bond donors (Lipinski definition) is 2. The van der Waals surface area contributed by atoms with Gasteiger partial charge in [-0.3, -0.25) is 4.98 Å². The van der Waals surface area contributed by atoms with Crippen molar-refractivity contribution in [3.63, 3.8) is 0 Å². The zero-order valence-corrected chi connectivity index (χ0v) is 11.3. The third kappa shape index (κ3) is 4.20. The molecule has 3 N–H and O–H groups in total. The second kappa shape index (κ2) is 7.45. The average Bonchev–Trinajstić information content (AvgIpc) is 2.46. The molecule has 20 heavy (non-hydrogen) atoms. The lowest BCUT2D eigenvalue weighted by atomic mass is 10.1.